The second-order valence-corrected chi connectivity index (χ2v) is 5.21. The van der Waals surface area contributed by atoms with Crippen molar-refractivity contribution < 1.29 is 9.53 Å². The van der Waals surface area contributed by atoms with Gasteiger partial charge in [0, 0.05) is 18.0 Å². The van der Waals surface area contributed by atoms with Crippen molar-refractivity contribution in [3.05, 3.63) is 29.8 Å². The Morgan fingerprint density at radius 2 is 1.80 bits per heavy atom. The lowest BCUT2D eigenvalue weighted by molar-refractivity contribution is 0.0600. The fraction of sp³-hybridized carbons (Fsp3) is 0.562. The first-order valence-electron chi connectivity index (χ1n) is 7.32. The second kappa shape index (κ2) is 11.8. The van der Waals surface area contributed by atoms with Crippen LogP contribution in [-0.4, -0.2) is 30.5 Å². The number of esters is 1. The van der Waals surface area contributed by atoms with Crippen molar-refractivity contribution in [1.82, 2.24) is 4.31 Å². The maximum atomic E-state index is 11.5. The molecular formula is C16H27NO2S. The second-order valence-electron chi connectivity index (χ2n) is 4.04. The maximum Gasteiger partial charge on any atom is 0.337 e. The summed E-state index contributed by atoms with van der Waals surface area (Å²) in [6, 6.07) is 7.58. The Labute approximate surface area is 127 Å². The number of rotatable bonds is 7. The Morgan fingerprint density at radius 3 is 2.30 bits per heavy atom. The van der Waals surface area contributed by atoms with E-state index < -0.39 is 0 Å². The van der Waals surface area contributed by atoms with Gasteiger partial charge in [-0.3, -0.25) is 0 Å². The fourth-order valence-electron chi connectivity index (χ4n) is 1.65. The molecule has 0 aromatic heterocycles. The summed E-state index contributed by atoms with van der Waals surface area (Å²) < 4.78 is 7.06. The highest BCUT2D eigenvalue weighted by atomic mass is 32.2. The highest BCUT2D eigenvalue weighted by Gasteiger charge is 2.09. The van der Waals surface area contributed by atoms with Gasteiger partial charge in [-0.2, -0.15) is 0 Å². The van der Waals surface area contributed by atoms with Crippen LogP contribution in [0.3, 0.4) is 0 Å². The Kier molecular flexibility index (Phi) is 11.2. The molecule has 0 saturated carbocycles. The summed E-state index contributed by atoms with van der Waals surface area (Å²) in [6.45, 7) is 10.5. The monoisotopic (exact) mass is 297 g/mol. The highest BCUT2D eigenvalue weighted by molar-refractivity contribution is 7.97. The van der Waals surface area contributed by atoms with E-state index in [1.165, 1.54) is 7.11 Å². The lowest BCUT2D eigenvalue weighted by Gasteiger charge is -2.19. The molecule has 0 unspecified atom stereocenters. The summed E-state index contributed by atoms with van der Waals surface area (Å²) in [5, 5.41) is 0. The van der Waals surface area contributed by atoms with Crippen molar-refractivity contribution in [2.24, 2.45) is 0 Å². The molecule has 0 radical (unpaired) electrons. The summed E-state index contributed by atoms with van der Waals surface area (Å²) in [7, 11) is 1.41. The lowest BCUT2D eigenvalue weighted by atomic mass is 10.2. The number of hydrogen-bond donors (Lipinski definition) is 0. The third-order valence-corrected chi connectivity index (χ3v) is 3.52. The van der Waals surface area contributed by atoms with E-state index in [4.69, 9.17) is 4.74 Å². The normalized spacial score (nSPS) is 9.90. The molecule has 0 atom stereocenters. The van der Waals surface area contributed by atoms with Crippen LogP contribution in [0.15, 0.2) is 29.2 Å². The van der Waals surface area contributed by atoms with Crippen molar-refractivity contribution in [3.8, 4) is 0 Å². The van der Waals surface area contributed by atoms with E-state index >= 15 is 0 Å². The first-order chi connectivity index (χ1) is 9.71. The molecule has 0 saturated heterocycles. The molecule has 4 heteroatoms. The number of carbonyl (C=O) groups is 1. The number of carbonyl (C=O) groups excluding carboxylic acids is 1. The topological polar surface area (TPSA) is 29.5 Å². The number of ether oxygens (including phenoxy) is 1. The van der Waals surface area contributed by atoms with Gasteiger partial charge in [-0.05, 0) is 43.0 Å². The lowest BCUT2D eigenvalue weighted by Crippen LogP contribution is -2.17. The summed E-state index contributed by atoms with van der Waals surface area (Å²) in [4.78, 5) is 12.5. The zero-order valence-electron chi connectivity index (χ0n) is 13.3. The molecule has 0 aliphatic heterocycles. The zero-order chi connectivity index (χ0) is 15.4. The van der Waals surface area contributed by atoms with Crippen molar-refractivity contribution in [2.75, 3.05) is 20.2 Å². The van der Waals surface area contributed by atoms with Gasteiger partial charge in [0.1, 0.15) is 0 Å². The van der Waals surface area contributed by atoms with Crippen molar-refractivity contribution in [3.63, 3.8) is 0 Å². The Hall–Kier alpha value is -1.00. The third kappa shape index (κ3) is 6.96. The van der Waals surface area contributed by atoms with Crippen molar-refractivity contribution >= 4 is 17.9 Å². The van der Waals surface area contributed by atoms with Crippen LogP contribution in [0.1, 0.15) is 50.9 Å². The highest BCUT2D eigenvalue weighted by Crippen LogP contribution is 2.24. The summed E-state index contributed by atoms with van der Waals surface area (Å²) in [5.41, 5.74) is 0.607. The molecule has 0 amide bonds. The Morgan fingerprint density at radius 1 is 1.20 bits per heavy atom. The van der Waals surface area contributed by atoms with Crippen LogP contribution in [0.5, 0.6) is 0 Å². The molecular weight excluding hydrogens is 270 g/mol. The average Bonchev–Trinajstić information content (AvgIpc) is 2.49. The maximum absolute atomic E-state index is 11.5. The Bertz CT molecular complexity index is 376. The molecule has 0 fully saturated rings. The van der Waals surface area contributed by atoms with Crippen LogP contribution in [0, 0.1) is 0 Å². The first kappa shape index (κ1) is 19.0. The van der Waals surface area contributed by atoms with Crippen LogP contribution in [-0.2, 0) is 4.74 Å². The molecule has 1 rings (SSSR count). The minimum atomic E-state index is -0.282. The van der Waals surface area contributed by atoms with E-state index in [0.717, 1.165) is 30.8 Å². The smallest absolute Gasteiger partial charge is 0.337 e. The third-order valence-electron chi connectivity index (χ3n) is 2.44. The summed E-state index contributed by atoms with van der Waals surface area (Å²) in [6.07, 6.45) is 2.26. The zero-order valence-corrected chi connectivity index (χ0v) is 14.1. The first-order valence-corrected chi connectivity index (χ1v) is 8.09. The minimum Gasteiger partial charge on any atom is -0.465 e. The van der Waals surface area contributed by atoms with Gasteiger partial charge in [0.25, 0.3) is 0 Å². The van der Waals surface area contributed by atoms with Gasteiger partial charge in [0.05, 0.1) is 12.7 Å². The predicted molar refractivity (Wildman–Crippen MR) is 87.1 cm³/mol. The van der Waals surface area contributed by atoms with E-state index in [9.17, 15) is 4.79 Å². The van der Waals surface area contributed by atoms with E-state index in [-0.39, 0.29) is 5.97 Å². The molecule has 0 spiro atoms. The number of methoxy groups -OCH3 is 1. The van der Waals surface area contributed by atoms with Gasteiger partial charge >= 0.3 is 5.97 Å². The van der Waals surface area contributed by atoms with Gasteiger partial charge in [-0.15, -0.1) is 0 Å². The van der Waals surface area contributed by atoms with Gasteiger partial charge in [-0.25, -0.2) is 9.10 Å². The molecule has 1 aromatic carbocycles. The van der Waals surface area contributed by atoms with E-state index in [0.29, 0.717) is 5.56 Å². The number of hydrogen-bond acceptors (Lipinski definition) is 4. The molecule has 0 N–H and O–H groups in total. The largest absolute Gasteiger partial charge is 0.465 e. The molecule has 0 heterocycles. The van der Waals surface area contributed by atoms with Crippen LogP contribution in [0.25, 0.3) is 0 Å². The summed E-state index contributed by atoms with van der Waals surface area (Å²) >= 11 is 1.71. The molecule has 0 aliphatic rings. The molecule has 3 nitrogen and oxygen atoms in total. The van der Waals surface area contributed by atoms with Gasteiger partial charge in [-0.1, -0.05) is 33.8 Å². The standard InChI is InChI=1S/C14H21NO2S.C2H6/c1-4-9-15(10-5-2)18-13-8-6-7-12(11-13)14(16)17-3;1-2/h6-8,11H,4-5,9-10H2,1-3H3;1-2H3. The molecule has 0 bridgehead atoms. The minimum absolute atomic E-state index is 0.282. The predicted octanol–water partition coefficient (Wildman–Crippen LogP) is 4.63. The number of nitrogens with zero attached hydrogens (tertiary/aromatic N) is 1. The quantitative estimate of drug-likeness (QED) is 0.542. The molecule has 0 aliphatic carbocycles. The van der Waals surface area contributed by atoms with Crippen LogP contribution in [0.4, 0.5) is 0 Å². The van der Waals surface area contributed by atoms with E-state index in [2.05, 4.69) is 18.2 Å². The SMILES string of the molecule is CC.CCCN(CCC)Sc1cccc(C(=O)OC)c1. The Balaban J connectivity index is 0.00000172. The van der Waals surface area contributed by atoms with Gasteiger partial charge < -0.3 is 4.74 Å². The fourth-order valence-corrected chi connectivity index (χ4v) is 2.81. The van der Waals surface area contributed by atoms with Crippen LogP contribution in [0.2, 0.25) is 0 Å². The summed E-state index contributed by atoms with van der Waals surface area (Å²) in [5.74, 6) is -0.282. The number of benzene rings is 1. The van der Waals surface area contributed by atoms with Crippen molar-refractivity contribution in [1.29, 1.82) is 0 Å². The van der Waals surface area contributed by atoms with Gasteiger partial charge in [0.15, 0.2) is 0 Å². The molecule has 1 aromatic rings. The molecule has 114 valence electrons. The average molecular weight is 297 g/mol. The van der Waals surface area contributed by atoms with E-state index in [1.54, 1.807) is 18.0 Å². The van der Waals surface area contributed by atoms with Crippen LogP contribution >= 0.6 is 11.9 Å². The van der Waals surface area contributed by atoms with E-state index in [1.807, 2.05) is 32.0 Å². The molecule has 20 heavy (non-hydrogen) atoms. The van der Waals surface area contributed by atoms with Gasteiger partial charge in [0.2, 0.25) is 0 Å². The van der Waals surface area contributed by atoms with Crippen LogP contribution < -0.4 is 0 Å². The van der Waals surface area contributed by atoms with Crippen molar-refractivity contribution in [2.45, 2.75) is 45.4 Å².